The van der Waals surface area contributed by atoms with Crippen LogP contribution < -0.4 is 14.9 Å². The minimum absolute atomic E-state index is 0.0363. The van der Waals surface area contributed by atoms with E-state index in [1.807, 2.05) is 17.5 Å². The first-order chi connectivity index (χ1) is 17.3. The van der Waals surface area contributed by atoms with E-state index in [1.165, 1.54) is 46.5 Å². The fourth-order valence-corrected chi connectivity index (χ4v) is 6.01. The molecule has 1 N–H and O–H groups in total. The standard InChI is InChI=1S/C25H17ClN2O6S2/c1-12-20(24(32)33-2)21(18-4-3-9-35-18)28-22(29)19(36-25(28)27-12)11-14-6-8-17(34-14)13-5-7-16(26)15(10-13)23(30)31/h3-11,21H,1-2H3,(H,30,31). The molecule has 0 saturated carbocycles. The van der Waals surface area contributed by atoms with Crippen molar-refractivity contribution in [3.63, 3.8) is 0 Å². The van der Waals surface area contributed by atoms with E-state index >= 15 is 0 Å². The predicted octanol–water partition coefficient (Wildman–Crippen LogP) is 4.08. The first-order valence-corrected chi connectivity index (χ1v) is 12.6. The van der Waals surface area contributed by atoms with Crippen molar-refractivity contribution in [2.24, 2.45) is 4.99 Å². The summed E-state index contributed by atoms with van der Waals surface area (Å²) in [5.74, 6) is -0.855. The van der Waals surface area contributed by atoms with Crippen molar-refractivity contribution in [1.29, 1.82) is 0 Å². The molecular formula is C25H17ClN2O6S2. The second kappa shape index (κ2) is 9.38. The Labute approximate surface area is 216 Å². The van der Waals surface area contributed by atoms with Gasteiger partial charge in [0.15, 0.2) is 4.80 Å². The van der Waals surface area contributed by atoms with Gasteiger partial charge in [-0.15, -0.1) is 11.3 Å². The van der Waals surface area contributed by atoms with Gasteiger partial charge in [-0.2, -0.15) is 0 Å². The van der Waals surface area contributed by atoms with Crippen LogP contribution >= 0.6 is 34.3 Å². The van der Waals surface area contributed by atoms with E-state index in [9.17, 15) is 19.5 Å². The Kier molecular flexibility index (Phi) is 6.25. The summed E-state index contributed by atoms with van der Waals surface area (Å²) < 4.78 is 12.8. The molecule has 3 aromatic heterocycles. The van der Waals surface area contributed by atoms with Crippen LogP contribution in [0, 0.1) is 0 Å². The number of aromatic nitrogens is 1. The van der Waals surface area contributed by atoms with Crippen molar-refractivity contribution in [1.82, 2.24) is 4.57 Å². The number of ether oxygens (including phenoxy) is 1. The maximum atomic E-state index is 13.5. The number of carbonyl (C=O) groups excluding carboxylic acids is 1. The van der Waals surface area contributed by atoms with Gasteiger partial charge in [0, 0.05) is 16.5 Å². The lowest BCUT2D eigenvalue weighted by molar-refractivity contribution is -0.136. The van der Waals surface area contributed by atoms with Gasteiger partial charge < -0.3 is 14.3 Å². The average molecular weight is 541 g/mol. The number of nitrogens with zero attached hydrogens (tertiary/aromatic N) is 2. The number of halogens is 1. The molecule has 8 nitrogen and oxygen atoms in total. The molecule has 11 heteroatoms. The largest absolute Gasteiger partial charge is 0.478 e. The molecule has 0 saturated heterocycles. The fourth-order valence-electron chi connectivity index (χ4n) is 3.97. The Balaban J connectivity index is 1.60. The smallest absolute Gasteiger partial charge is 0.338 e. The quantitative estimate of drug-likeness (QED) is 0.382. The highest BCUT2D eigenvalue weighted by Crippen LogP contribution is 2.33. The van der Waals surface area contributed by atoms with E-state index in [0.29, 0.717) is 37.7 Å². The molecule has 4 heterocycles. The Hall–Kier alpha value is -3.73. The molecule has 0 bridgehead atoms. The number of furan rings is 1. The molecule has 0 radical (unpaired) electrons. The third-order valence-corrected chi connectivity index (χ3v) is 7.86. The van der Waals surface area contributed by atoms with Gasteiger partial charge in [-0.05, 0) is 48.7 Å². The second-order valence-corrected chi connectivity index (χ2v) is 10.2. The lowest BCUT2D eigenvalue weighted by Gasteiger charge is -2.22. The van der Waals surface area contributed by atoms with Crippen molar-refractivity contribution in [3.8, 4) is 11.3 Å². The summed E-state index contributed by atoms with van der Waals surface area (Å²) in [6.07, 6.45) is 1.60. The number of hydrogen-bond acceptors (Lipinski definition) is 8. The van der Waals surface area contributed by atoms with Crippen molar-refractivity contribution in [2.45, 2.75) is 13.0 Å². The zero-order valence-electron chi connectivity index (χ0n) is 18.9. The van der Waals surface area contributed by atoms with Crippen LogP contribution in [0.15, 0.2) is 73.3 Å². The number of esters is 1. The van der Waals surface area contributed by atoms with Gasteiger partial charge in [0.25, 0.3) is 5.56 Å². The summed E-state index contributed by atoms with van der Waals surface area (Å²) in [5.41, 5.74) is 0.991. The normalized spacial score (nSPS) is 15.5. The number of thiazole rings is 1. The number of thiophene rings is 1. The summed E-state index contributed by atoms with van der Waals surface area (Å²) in [4.78, 5) is 43.3. The number of aromatic carboxylic acids is 1. The van der Waals surface area contributed by atoms with Crippen molar-refractivity contribution >= 4 is 52.3 Å². The van der Waals surface area contributed by atoms with E-state index in [4.69, 9.17) is 20.8 Å². The van der Waals surface area contributed by atoms with Gasteiger partial charge in [0.2, 0.25) is 0 Å². The van der Waals surface area contributed by atoms with Crippen LogP contribution in [0.2, 0.25) is 5.02 Å². The SMILES string of the molecule is COC(=O)C1=C(C)N=c2sc(=Cc3ccc(-c4ccc(Cl)c(C(=O)O)c4)o3)c(=O)n2C1c1cccs1. The molecule has 5 rings (SSSR count). The van der Waals surface area contributed by atoms with Gasteiger partial charge in [-0.1, -0.05) is 29.0 Å². The molecule has 0 aliphatic carbocycles. The van der Waals surface area contributed by atoms with Crippen LogP contribution in [0.3, 0.4) is 0 Å². The minimum Gasteiger partial charge on any atom is -0.478 e. The fraction of sp³-hybridized carbons (Fsp3) is 0.120. The van der Waals surface area contributed by atoms with Crippen LogP contribution in [0.5, 0.6) is 0 Å². The predicted molar refractivity (Wildman–Crippen MR) is 136 cm³/mol. The van der Waals surface area contributed by atoms with Gasteiger partial charge >= 0.3 is 11.9 Å². The maximum Gasteiger partial charge on any atom is 0.338 e. The molecule has 1 aliphatic rings. The van der Waals surface area contributed by atoms with Gasteiger partial charge in [-0.3, -0.25) is 9.36 Å². The van der Waals surface area contributed by atoms with Crippen LogP contribution in [0.25, 0.3) is 17.4 Å². The number of hydrogen-bond donors (Lipinski definition) is 1. The summed E-state index contributed by atoms with van der Waals surface area (Å²) in [7, 11) is 1.30. The van der Waals surface area contributed by atoms with Gasteiger partial charge in [0.1, 0.15) is 17.6 Å². The zero-order chi connectivity index (χ0) is 25.6. The van der Waals surface area contributed by atoms with E-state index in [0.717, 1.165) is 4.88 Å². The lowest BCUT2D eigenvalue weighted by Crippen LogP contribution is -2.39. The number of rotatable bonds is 5. The highest BCUT2D eigenvalue weighted by molar-refractivity contribution is 7.10. The number of benzene rings is 1. The van der Waals surface area contributed by atoms with Crippen LogP contribution in [0.1, 0.15) is 34.0 Å². The molecule has 0 amide bonds. The number of allylic oxidation sites excluding steroid dienone is 1. The van der Waals surface area contributed by atoms with Crippen LogP contribution in [-0.4, -0.2) is 28.7 Å². The highest BCUT2D eigenvalue weighted by Gasteiger charge is 2.33. The monoisotopic (exact) mass is 540 g/mol. The molecule has 1 aliphatic heterocycles. The lowest BCUT2D eigenvalue weighted by atomic mass is 10.0. The number of carbonyl (C=O) groups is 2. The number of carboxylic acids is 1. The number of methoxy groups -OCH3 is 1. The molecule has 0 fully saturated rings. The maximum absolute atomic E-state index is 13.5. The van der Waals surface area contributed by atoms with Crippen LogP contribution in [0.4, 0.5) is 0 Å². The average Bonchev–Trinajstić information content (AvgIpc) is 3.60. The first-order valence-electron chi connectivity index (χ1n) is 10.6. The molecule has 1 aromatic carbocycles. The molecule has 1 atom stereocenters. The molecule has 1 unspecified atom stereocenters. The van der Waals surface area contributed by atoms with Gasteiger partial charge in [-0.25, -0.2) is 14.6 Å². The molecular weight excluding hydrogens is 524 g/mol. The molecule has 182 valence electrons. The molecule has 0 spiro atoms. The van der Waals surface area contributed by atoms with E-state index in [-0.39, 0.29) is 16.1 Å². The Bertz CT molecular complexity index is 1730. The Morgan fingerprint density at radius 2 is 2.06 bits per heavy atom. The van der Waals surface area contributed by atoms with E-state index in [2.05, 4.69) is 4.99 Å². The van der Waals surface area contributed by atoms with E-state index in [1.54, 1.807) is 31.2 Å². The summed E-state index contributed by atoms with van der Waals surface area (Å²) >= 11 is 8.59. The third kappa shape index (κ3) is 4.13. The second-order valence-electron chi connectivity index (χ2n) is 7.79. The molecule has 4 aromatic rings. The van der Waals surface area contributed by atoms with Crippen LogP contribution in [-0.2, 0) is 9.53 Å². The summed E-state index contributed by atoms with van der Waals surface area (Å²) in [6.45, 7) is 1.72. The highest BCUT2D eigenvalue weighted by atomic mass is 35.5. The van der Waals surface area contributed by atoms with Crippen molar-refractivity contribution in [2.75, 3.05) is 7.11 Å². The van der Waals surface area contributed by atoms with Crippen molar-refractivity contribution in [3.05, 3.63) is 100 Å². The topological polar surface area (TPSA) is 111 Å². The number of fused-ring (bicyclic) bond motifs is 1. The van der Waals surface area contributed by atoms with Crippen molar-refractivity contribution < 1.29 is 23.8 Å². The summed E-state index contributed by atoms with van der Waals surface area (Å²) in [6, 6.07) is 11.0. The zero-order valence-corrected chi connectivity index (χ0v) is 21.2. The Morgan fingerprint density at radius 1 is 1.25 bits per heavy atom. The minimum atomic E-state index is -1.14. The summed E-state index contributed by atoms with van der Waals surface area (Å²) in [5, 5.41) is 11.3. The first kappa shape index (κ1) is 24.0. The van der Waals surface area contributed by atoms with E-state index < -0.39 is 18.0 Å². The Morgan fingerprint density at radius 3 is 2.75 bits per heavy atom. The molecule has 36 heavy (non-hydrogen) atoms. The van der Waals surface area contributed by atoms with Gasteiger partial charge in [0.05, 0.1) is 33.5 Å². The number of carboxylic acid groups (broad SMARTS) is 1. The third-order valence-electron chi connectivity index (χ3n) is 5.62.